The Bertz CT molecular complexity index is 403. The van der Waals surface area contributed by atoms with Crippen LogP contribution < -0.4 is 0 Å². The van der Waals surface area contributed by atoms with Gasteiger partial charge in [-0.05, 0) is 12.3 Å². The zero-order valence-electron chi connectivity index (χ0n) is 9.88. The molecule has 0 bridgehead atoms. The van der Waals surface area contributed by atoms with Crippen molar-refractivity contribution in [3.8, 4) is 0 Å². The molecule has 92 valence electrons. The molecule has 0 spiro atoms. The number of nitrogens with zero attached hydrogens (tertiary/aromatic N) is 2. The molecule has 2 unspecified atom stereocenters. The van der Waals surface area contributed by atoms with Gasteiger partial charge in [-0.25, -0.2) is 8.42 Å². The van der Waals surface area contributed by atoms with Gasteiger partial charge in [-0.3, -0.25) is 5.01 Å². The van der Waals surface area contributed by atoms with Crippen LogP contribution >= 0.6 is 11.8 Å². The van der Waals surface area contributed by atoms with Crippen LogP contribution in [0.1, 0.15) is 27.2 Å². The van der Waals surface area contributed by atoms with Gasteiger partial charge in [0.25, 0.3) is 0 Å². The fourth-order valence-electron chi connectivity index (χ4n) is 1.76. The molecule has 2 rings (SSSR count). The van der Waals surface area contributed by atoms with E-state index in [-0.39, 0.29) is 11.3 Å². The monoisotopic (exact) mass is 262 g/mol. The summed E-state index contributed by atoms with van der Waals surface area (Å²) in [5, 5.41) is 7.55. The first-order valence-electron chi connectivity index (χ1n) is 5.61. The molecule has 0 aromatic carbocycles. The van der Waals surface area contributed by atoms with Crippen LogP contribution in [0.3, 0.4) is 0 Å². The minimum atomic E-state index is -2.90. The summed E-state index contributed by atoms with van der Waals surface area (Å²) >= 11 is 1.74. The second kappa shape index (κ2) is 4.22. The van der Waals surface area contributed by atoms with Crippen LogP contribution in [0.25, 0.3) is 0 Å². The summed E-state index contributed by atoms with van der Waals surface area (Å²) in [5.74, 6) is 1.36. The maximum absolute atomic E-state index is 11.5. The molecule has 4 nitrogen and oxygen atoms in total. The smallest absolute Gasteiger partial charge is 0.170 e. The maximum atomic E-state index is 11.5. The summed E-state index contributed by atoms with van der Waals surface area (Å²) < 4.78 is 23.0. The Hall–Kier alpha value is -0.230. The third-order valence-electron chi connectivity index (χ3n) is 3.21. The van der Waals surface area contributed by atoms with Gasteiger partial charge in [0.15, 0.2) is 9.84 Å². The summed E-state index contributed by atoms with van der Waals surface area (Å²) in [6.45, 7) is 6.49. The Morgan fingerprint density at radius 1 is 1.44 bits per heavy atom. The molecule has 2 heterocycles. The molecule has 6 heteroatoms. The van der Waals surface area contributed by atoms with E-state index in [0.717, 1.165) is 5.04 Å². The number of sulfone groups is 1. The SMILES string of the molecule is CC(C)C(C)C1=NN2CS(=O)(=O)CCC2S1. The summed E-state index contributed by atoms with van der Waals surface area (Å²) in [4.78, 5) is 0. The van der Waals surface area contributed by atoms with E-state index in [4.69, 9.17) is 0 Å². The Labute approximate surface area is 101 Å². The molecule has 0 saturated carbocycles. The Morgan fingerprint density at radius 2 is 2.12 bits per heavy atom. The molecule has 0 aromatic heterocycles. The molecule has 2 aliphatic rings. The molecule has 0 radical (unpaired) electrons. The lowest BCUT2D eigenvalue weighted by atomic mass is 10.00. The van der Waals surface area contributed by atoms with Crippen LogP contribution in [0, 0.1) is 11.8 Å². The number of fused-ring (bicyclic) bond motifs is 1. The lowest BCUT2D eigenvalue weighted by Gasteiger charge is -2.26. The van der Waals surface area contributed by atoms with Crippen molar-refractivity contribution in [2.45, 2.75) is 32.6 Å². The standard InChI is InChI=1S/C10H18N2O2S2/c1-7(2)8(3)10-11-12-6-16(13,14)5-4-9(12)15-10/h7-9H,4-6H2,1-3H3. The molecular weight excluding hydrogens is 244 g/mol. The van der Waals surface area contributed by atoms with Crippen molar-refractivity contribution in [3.63, 3.8) is 0 Å². The largest absolute Gasteiger partial charge is 0.268 e. The minimum Gasteiger partial charge on any atom is -0.268 e. The second-order valence-corrected chi connectivity index (χ2v) is 8.20. The fraction of sp³-hybridized carbons (Fsp3) is 0.900. The van der Waals surface area contributed by atoms with Gasteiger partial charge in [0.05, 0.1) is 10.8 Å². The first-order chi connectivity index (χ1) is 7.39. The summed E-state index contributed by atoms with van der Waals surface area (Å²) in [5.41, 5.74) is 0. The van der Waals surface area contributed by atoms with Crippen LogP contribution in [-0.4, -0.2) is 35.5 Å². The van der Waals surface area contributed by atoms with Gasteiger partial charge in [0, 0.05) is 5.92 Å². The van der Waals surface area contributed by atoms with Gasteiger partial charge >= 0.3 is 0 Å². The lowest BCUT2D eigenvalue weighted by Crippen LogP contribution is -2.38. The van der Waals surface area contributed by atoms with Crippen molar-refractivity contribution >= 4 is 26.6 Å². The predicted octanol–water partition coefficient (Wildman–Crippen LogP) is 1.74. The zero-order chi connectivity index (χ0) is 11.9. The topological polar surface area (TPSA) is 49.7 Å². The van der Waals surface area contributed by atoms with Gasteiger partial charge in [-0.15, -0.1) is 0 Å². The number of hydrazone groups is 1. The van der Waals surface area contributed by atoms with Gasteiger partial charge in [0.2, 0.25) is 0 Å². The van der Waals surface area contributed by atoms with Crippen molar-refractivity contribution in [2.75, 3.05) is 11.6 Å². The van der Waals surface area contributed by atoms with E-state index in [2.05, 4.69) is 25.9 Å². The minimum absolute atomic E-state index is 0.0962. The lowest BCUT2D eigenvalue weighted by molar-refractivity contribution is 0.298. The van der Waals surface area contributed by atoms with E-state index in [1.54, 1.807) is 16.8 Å². The number of hydrogen-bond acceptors (Lipinski definition) is 5. The van der Waals surface area contributed by atoms with Crippen LogP contribution in [0.2, 0.25) is 0 Å². The number of thioether (sulfide) groups is 1. The predicted molar refractivity (Wildman–Crippen MR) is 67.9 cm³/mol. The van der Waals surface area contributed by atoms with E-state index >= 15 is 0 Å². The molecule has 0 amide bonds. The highest BCUT2D eigenvalue weighted by Crippen LogP contribution is 2.36. The van der Waals surface area contributed by atoms with Gasteiger partial charge in [-0.2, -0.15) is 5.10 Å². The highest BCUT2D eigenvalue weighted by atomic mass is 32.2. The van der Waals surface area contributed by atoms with Crippen LogP contribution in [0.5, 0.6) is 0 Å². The first-order valence-corrected chi connectivity index (χ1v) is 8.31. The van der Waals surface area contributed by atoms with Crippen molar-refractivity contribution in [2.24, 2.45) is 16.9 Å². The molecular formula is C10H18N2O2S2. The molecule has 1 fully saturated rings. The third-order valence-corrected chi connectivity index (χ3v) is 6.17. The van der Waals surface area contributed by atoms with Crippen LogP contribution in [0.4, 0.5) is 0 Å². The number of hydrogen-bond donors (Lipinski definition) is 0. The summed E-state index contributed by atoms with van der Waals surface area (Å²) in [6, 6.07) is 0. The molecule has 0 aliphatic carbocycles. The Kier molecular flexibility index (Phi) is 3.22. The average molecular weight is 262 g/mol. The Balaban J connectivity index is 2.12. The van der Waals surface area contributed by atoms with E-state index in [0.29, 0.717) is 24.0 Å². The first kappa shape index (κ1) is 12.2. The maximum Gasteiger partial charge on any atom is 0.170 e. The van der Waals surface area contributed by atoms with Crippen LogP contribution in [0.15, 0.2) is 5.10 Å². The van der Waals surface area contributed by atoms with Crippen molar-refractivity contribution < 1.29 is 8.42 Å². The highest BCUT2D eigenvalue weighted by Gasteiger charge is 2.37. The van der Waals surface area contributed by atoms with Gasteiger partial charge < -0.3 is 0 Å². The zero-order valence-corrected chi connectivity index (χ0v) is 11.5. The number of rotatable bonds is 2. The van der Waals surface area contributed by atoms with E-state index in [1.807, 2.05) is 0 Å². The fourth-order valence-corrected chi connectivity index (χ4v) is 4.76. The van der Waals surface area contributed by atoms with Crippen molar-refractivity contribution in [3.05, 3.63) is 0 Å². The van der Waals surface area contributed by atoms with Gasteiger partial charge in [0.1, 0.15) is 11.3 Å². The second-order valence-electron chi connectivity index (χ2n) is 4.85. The van der Waals surface area contributed by atoms with E-state index in [9.17, 15) is 8.42 Å². The average Bonchev–Trinajstić information content (AvgIpc) is 2.57. The van der Waals surface area contributed by atoms with Crippen LogP contribution in [-0.2, 0) is 9.84 Å². The quantitative estimate of drug-likeness (QED) is 0.760. The normalized spacial score (nSPS) is 30.1. The van der Waals surface area contributed by atoms with Crippen molar-refractivity contribution in [1.29, 1.82) is 0 Å². The summed E-state index contributed by atoms with van der Waals surface area (Å²) in [6.07, 6.45) is 0.699. The molecule has 2 atom stereocenters. The van der Waals surface area contributed by atoms with Crippen molar-refractivity contribution in [1.82, 2.24) is 5.01 Å². The van der Waals surface area contributed by atoms with Gasteiger partial charge in [-0.1, -0.05) is 32.5 Å². The molecule has 1 saturated heterocycles. The summed E-state index contributed by atoms with van der Waals surface area (Å²) in [7, 11) is -2.90. The Morgan fingerprint density at radius 3 is 2.75 bits per heavy atom. The highest BCUT2D eigenvalue weighted by molar-refractivity contribution is 8.14. The molecule has 0 aromatic rings. The third kappa shape index (κ3) is 2.37. The van der Waals surface area contributed by atoms with E-state index in [1.165, 1.54) is 0 Å². The molecule has 16 heavy (non-hydrogen) atoms. The molecule has 2 aliphatic heterocycles. The molecule has 0 N–H and O–H groups in total. The van der Waals surface area contributed by atoms with E-state index < -0.39 is 9.84 Å².